The van der Waals surface area contributed by atoms with E-state index in [1.54, 1.807) is 0 Å². The van der Waals surface area contributed by atoms with Gasteiger partial charge in [-0.25, -0.2) is 8.42 Å². The summed E-state index contributed by atoms with van der Waals surface area (Å²) in [6, 6.07) is 11.6. The highest BCUT2D eigenvalue weighted by atomic mass is 35.5. The number of anilines is 1. The first-order valence-corrected chi connectivity index (χ1v) is 12.8. The van der Waals surface area contributed by atoms with Gasteiger partial charge in [-0.15, -0.1) is 0 Å². The van der Waals surface area contributed by atoms with Crippen LogP contribution < -0.4 is 4.90 Å². The number of alkyl halides is 3. The summed E-state index contributed by atoms with van der Waals surface area (Å²) in [6.07, 6.45) is -4.02. The summed E-state index contributed by atoms with van der Waals surface area (Å²) in [4.78, 5) is 18.1. The fourth-order valence-corrected chi connectivity index (χ4v) is 7.91. The molecule has 2 atom stereocenters. The number of carbonyl (C=O) groups excluding carboxylic acids is 1. The second-order valence-electron chi connectivity index (χ2n) is 7.61. The van der Waals surface area contributed by atoms with Crippen LogP contribution in [-0.2, 0) is 27.2 Å². The number of fused-ring (bicyclic) bond motifs is 1. The molecular formula is C21H18ClF3N2O3S2. The Morgan fingerprint density at radius 1 is 1.16 bits per heavy atom. The first-order valence-electron chi connectivity index (χ1n) is 9.72. The number of nitrogens with zero attached hydrogens (tertiary/aromatic N) is 2. The summed E-state index contributed by atoms with van der Waals surface area (Å²) in [6.45, 7) is 0. The number of rotatable bonds is 4. The van der Waals surface area contributed by atoms with Gasteiger partial charge in [0.2, 0.25) is 5.91 Å². The van der Waals surface area contributed by atoms with Crippen molar-refractivity contribution in [2.45, 2.75) is 30.3 Å². The number of hydrogen-bond acceptors (Lipinski definition) is 4. The van der Waals surface area contributed by atoms with Gasteiger partial charge in [-0.05, 0) is 30.2 Å². The van der Waals surface area contributed by atoms with Crippen LogP contribution >= 0.6 is 23.4 Å². The predicted molar refractivity (Wildman–Crippen MR) is 120 cm³/mol. The van der Waals surface area contributed by atoms with Crippen LogP contribution in [0.1, 0.15) is 17.5 Å². The van der Waals surface area contributed by atoms with Crippen molar-refractivity contribution in [3.05, 3.63) is 64.7 Å². The molecule has 2 saturated heterocycles. The Kier molecular flexibility index (Phi) is 6.30. The molecule has 0 bridgehead atoms. The molecular weight excluding hydrogens is 485 g/mol. The summed E-state index contributed by atoms with van der Waals surface area (Å²) in [7, 11) is -3.36. The third-order valence-electron chi connectivity index (χ3n) is 5.29. The van der Waals surface area contributed by atoms with Crippen molar-refractivity contribution in [3.63, 3.8) is 0 Å². The predicted octanol–water partition coefficient (Wildman–Crippen LogP) is 4.59. The second-order valence-corrected chi connectivity index (χ2v) is 11.4. The Balaban J connectivity index is 1.66. The number of amidine groups is 1. The third kappa shape index (κ3) is 4.97. The molecule has 32 heavy (non-hydrogen) atoms. The van der Waals surface area contributed by atoms with E-state index in [4.69, 9.17) is 11.6 Å². The Bertz CT molecular complexity index is 1170. The van der Waals surface area contributed by atoms with Gasteiger partial charge in [0.1, 0.15) is 0 Å². The zero-order valence-corrected chi connectivity index (χ0v) is 18.9. The van der Waals surface area contributed by atoms with E-state index in [1.807, 2.05) is 30.3 Å². The zero-order chi connectivity index (χ0) is 23.1. The van der Waals surface area contributed by atoms with Crippen LogP contribution in [0, 0.1) is 0 Å². The van der Waals surface area contributed by atoms with E-state index >= 15 is 0 Å². The normalized spacial score (nSPS) is 23.5. The molecule has 170 valence electrons. The monoisotopic (exact) mass is 502 g/mol. The van der Waals surface area contributed by atoms with Gasteiger partial charge in [0.15, 0.2) is 15.0 Å². The smallest absolute Gasteiger partial charge is 0.314 e. The van der Waals surface area contributed by atoms with Gasteiger partial charge in [0.25, 0.3) is 0 Å². The maximum absolute atomic E-state index is 13.3. The lowest BCUT2D eigenvalue weighted by molar-refractivity contribution is -0.137. The Morgan fingerprint density at radius 3 is 2.56 bits per heavy atom. The molecule has 2 aliphatic heterocycles. The van der Waals surface area contributed by atoms with Crippen molar-refractivity contribution >= 4 is 50.0 Å². The highest BCUT2D eigenvalue weighted by molar-refractivity contribution is 8.16. The molecule has 4 rings (SSSR count). The molecule has 2 fully saturated rings. The third-order valence-corrected chi connectivity index (χ3v) is 8.82. The Morgan fingerprint density at radius 2 is 1.88 bits per heavy atom. The lowest BCUT2D eigenvalue weighted by atomic mass is 10.1. The molecule has 0 aromatic heterocycles. The summed E-state index contributed by atoms with van der Waals surface area (Å²) in [5.74, 6) is -0.812. The quantitative estimate of drug-likeness (QED) is 0.611. The van der Waals surface area contributed by atoms with Crippen LogP contribution in [-0.4, -0.2) is 42.3 Å². The fraction of sp³-hybridized carbons (Fsp3) is 0.333. The van der Waals surface area contributed by atoms with E-state index in [1.165, 1.54) is 4.90 Å². The van der Waals surface area contributed by atoms with Crippen LogP contribution in [0.3, 0.4) is 0 Å². The van der Waals surface area contributed by atoms with Crippen LogP contribution in [0.15, 0.2) is 53.5 Å². The molecule has 2 aromatic carbocycles. The minimum absolute atomic E-state index is 0.00630. The molecule has 2 aliphatic rings. The van der Waals surface area contributed by atoms with Crippen LogP contribution in [0.25, 0.3) is 0 Å². The molecule has 0 spiro atoms. The fourth-order valence-electron chi connectivity index (χ4n) is 3.78. The maximum atomic E-state index is 13.3. The van der Waals surface area contributed by atoms with E-state index in [9.17, 15) is 26.4 Å². The average molecular weight is 503 g/mol. The number of sulfone groups is 1. The van der Waals surface area contributed by atoms with Crippen LogP contribution in [0.4, 0.5) is 18.9 Å². The summed E-state index contributed by atoms with van der Waals surface area (Å²) in [5.41, 5.74) is 0.0371. The standard InChI is InChI=1S/C21H18ClF3N2O3S2/c22-15-8-7-14(21(23,24)25)10-16(15)27-17-11-32(29,30)12-18(17)31-20(27)26-19(28)9-6-13-4-2-1-3-5-13/h1-5,7-8,10,17-18H,6,9,11-12H2/t17-,18-/m1/s1. The number of thioether (sulfide) groups is 1. The summed E-state index contributed by atoms with van der Waals surface area (Å²) < 4.78 is 64.2. The molecule has 0 N–H and O–H groups in total. The molecule has 2 aromatic rings. The molecule has 0 unspecified atom stereocenters. The molecule has 11 heteroatoms. The Labute approximate surface area is 192 Å². The number of hydrogen-bond donors (Lipinski definition) is 0. The second kappa shape index (κ2) is 8.72. The Hall–Kier alpha value is -2.04. The summed E-state index contributed by atoms with van der Waals surface area (Å²) in [5, 5.41) is -0.242. The van der Waals surface area contributed by atoms with Crippen LogP contribution in [0.2, 0.25) is 5.02 Å². The van der Waals surface area contributed by atoms with Crippen molar-refractivity contribution in [1.29, 1.82) is 0 Å². The van der Waals surface area contributed by atoms with Crippen LogP contribution in [0.5, 0.6) is 0 Å². The molecule has 2 heterocycles. The topological polar surface area (TPSA) is 66.8 Å². The van der Waals surface area contributed by atoms with Gasteiger partial charge in [-0.3, -0.25) is 4.79 Å². The van der Waals surface area contributed by atoms with Gasteiger partial charge in [-0.2, -0.15) is 18.2 Å². The number of halogens is 4. The number of carbonyl (C=O) groups is 1. The number of aryl methyl sites for hydroxylation is 1. The van der Waals surface area contributed by atoms with Gasteiger partial charge in [0, 0.05) is 11.7 Å². The van der Waals surface area contributed by atoms with E-state index in [0.29, 0.717) is 6.42 Å². The zero-order valence-electron chi connectivity index (χ0n) is 16.5. The summed E-state index contributed by atoms with van der Waals surface area (Å²) >= 11 is 7.32. The molecule has 1 amide bonds. The lowest BCUT2D eigenvalue weighted by Gasteiger charge is -2.26. The van der Waals surface area contributed by atoms with Crippen molar-refractivity contribution in [3.8, 4) is 0 Å². The number of benzene rings is 2. The van der Waals surface area contributed by atoms with E-state index in [-0.39, 0.29) is 33.8 Å². The van der Waals surface area contributed by atoms with E-state index in [2.05, 4.69) is 4.99 Å². The van der Waals surface area contributed by atoms with Gasteiger partial charge in [-0.1, -0.05) is 53.7 Å². The lowest BCUT2D eigenvalue weighted by Crippen LogP contribution is -2.38. The number of amides is 1. The van der Waals surface area contributed by atoms with E-state index < -0.39 is 38.8 Å². The molecule has 5 nitrogen and oxygen atoms in total. The highest BCUT2D eigenvalue weighted by Crippen LogP contribution is 2.44. The SMILES string of the molecule is O=C(CCc1ccccc1)N=C1S[C@@H]2CS(=O)(=O)C[C@H]2N1c1cc(C(F)(F)F)ccc1Cl. The first-order chi connectivity index (χ1) is 15.0. The van der Waals surface area contributed by atoms with Gasteiger partial charge < -0.3 is 4.90 Å². The van der Waals surface area contributed by atoms with Crippen molar-refractivity contribution < 1.29 is 26.4 Å². The van der Waals surface area contributed by atoms with Gasteiger partial charge >= 0.3 is 6.18 Å². The first kappa shape index (κ1) is 23.1. The van der Waals surface area contributed by atoms with Crippen molar-refractivity contribution in [2.24, 2.45) is 4.99 Å². The molecule has 0 saturated carbocycles. The maximum Gasteiger partial charge on any atom is 0.416 e. The average Bonchev–Trinajstić information content (AvgIpc) is 3.17. The number of aliphatic imine (C=N–C) groups is 1. The van der Waals surface area contributed by atoms with Crippen molar-refractivity contribution in [2.75, 3.05) is 16.4 Å². The van der Waals surface area contributed by atoms with Crippen molar-refractivity contribution in [1.82, 2.24) is 0 Å². The minimum Gasteiger partial charge on any atom is -0.314 e. The molecule has 0 aliphatic carbocycles. The molecule has 0 radical (unpaired) electrons. The largest absolute Gasteiger partial charge is 0.416 e. The van der Waals surface area contributed by atoms with E-state index in [0.717, 1.165) is 35.5 Å². The minimum atomic E-state index is -4.60. The highest BCUT2D eigenvalue weighted by Gasteiger charge is 2.50. The van der Waals surface area contributed by atoms with Gasteiger partial charge in [0.05, 0.1) is 33.8 Å².